The van der Waals surface area contributed by atoms with Crippen LogP contribution in [-0.2, 0) is 11.0 Å². The Morgan fingerprint density at radius 2 is 2.05 bits per heavy atom. The van der Waals surface area contributed by atoms with Gasteiger partial charge in [-0.15, -0.1) is 0 Å². The molecule has 1 rings (SSSR count). The molecule has 0 bridgehead atoms. The molecule has 0 aliphatic rings. The number of carboxylic acid groups (broad SMARTS) is 1. The number of unbranched alkanes of at least 4 members (excludes halogenated alkanes) is 1. The van der Waals surface area contributed by atoms with Crippen molar-refractivity contribution in [3.05, 3.63) is 29.3 Å². The largest absolute Gasteiger partial charge is 0.481 e. The van der Waals surface area contributed by atoms with Crippen molar-refractivity contribution in [3.63, 3.8) is 0 Å². The number of nitrogens with two attached hydrogens (primary N) is 1. The Balaban J connectivity index is 2.78. The minimum atomic E-state index is -4.44. The first-order valence-electron chi connectivity index (χ1n) is 5.48. The number of anilines is 1. The van der Waals surface area contributed by atoms with Gasteiger partial charge in [-0.1, -0.05) is 11.8 Å². The van der Waals surface area contributed by atoms with E-state index >= 15 is 0 Å². The fourth-order valence-corrected chi connectivity index (χ4v) is 1.33. The predicted octanol–water partition coefficient (Wildman–Crippen LogP) is 2.89. The number of hydrogen-bond donors (Lipinski definition) is 2. The maximum atomic E-state index is 12.5. The van der Waals surface area contributed by atoms with Gasteiger partial charge in [-0.3, -0.25) is 4.79 Å². The van der Waals surface area contributed by atoms with E-state index < -0.39 is 17.7 Å². The average Bonchev–Trinajstić information content (AvgIpc) is 2.29. The van der Waals surface area contributed by atoms with Gasteiger partial charge in [0.25, 0.3) is 0 Å². The number of hydrogen-bond acceptors (Lipinski definition) is 2. The van der Waals surface area contributed by atoms with Gasteiger partial charge in [-0.05, 0) is 24.6 Å². The molecule has 0 aliphatic carbocycles. The molecular formula is C13H12F3NO2. The van der Waals surface area contributed by atoms with E-state index in [9.17, 15) is 18.0 Å². The van der Waals surface area contributed by atoms with Gasteiger partial charge < -0.3 is 10.8 Å². The van der Waals surface area contributed by atoms with Crippen molar-refractivity contribution in [2.45, 2.75) is 25.4 Å². The van der Waals surface area contributed by atoms with Crippen LogP contribution in [0.1, 0.15) is 30.4 Å². The van der Waals surface area contributed by atoms with Crippen LogP contribution in [0.25, 0.3) is 0 Å². The minimum Gasteiger partial charge on any atom is -0.481 e. The molecule has 1 aromatic carbocycles. The van der Waals surface area contributed by atoms with Gasteiger partial charge in [0.2, 0.25) is 0 Å². The number of rotatable bonds is 3. The van der Waals surface area contributed by atoms with Crippen molar-refractivity contribution in [2.75, 3.05) is 5.73 Å². The molecule has 0 fully saturated rings. The Bertz CT molecular complexity index is 527. The number of carbonyl (C=O) groups is 1. The highest BCUT2D eigenvalue weighted by atomic mass is 19.4. The van der Waals surface area contributed by atoms with Gasteiger partial charge in [0.15, 0.2) is 0 Å². The van der Waals surface area contributed by atoms with E-state index in [4.69, 9.17) is 10.8 Å². The summed E-state index contributed by atoms with van der Waals surface area (Å²) in [7, 11) is 0. The van der Waals surface area contributed by atoms with Gasteiger partial charge in [0.05, 0.1) is 5.56 Å². The van der Waals surface area contributed by atoms with E-state index in [0.29, 0.717) is 12.8 Å². The minimum absolute atomic E-state index is 0.0211. The van der Waals surface area contributed by atoms with E-state index in [1.165, 1.54) is 0 Å². The molecular weight excluding hydrogens is 259 g/mol. The van der Waals surface area contributed by atoms with Crippen LogP contribution in [-0.4, -0.2) is 11.1 Å². The van der Waals surface area contributed by atoms with Crippen LogP contribution >= 0.6 is 0 Å². The normalized spacial score (nSPS) is 10.7. The summed E-state index contributed by atoms with van der Waals surface area (Å²) >= 11 is 0. The molecule has 3 N–H and O–H groups in total. The lowest BCUT2D eigenvalue weighted by Gasteiger charge is -2.07. The molecule has 3 nitrogen and oxygen atoms in total. The zero-order valence-electron chi connectivity index (χ0n) is 9.92. The molecule has 19 heavy (non-hydrogen) atoms. The monoisotopic (exact) mass is 271 g/mol. The molecule has 0 aromatic heterocycles. The highest BCUT2D eigenvalue weighted by molar-refractivity contribution is 5.66. The van der Waals surface area contributed by atoms with Crippen molar-refractivity contribution >= 4 is 11.7 Å². The molecule has 0 amide bonds. The fourth-order valence-electron chi connectivity index (χ4n) is 1.33. The Labute approximate surface area is 108 Å². The second-order valence-electron chi connectivity index (χ2n) is 3.85. The summed E-state index contributed by atoms with van der Waals surface area (Å²) in [6, 6.07) is 2.94. The third-order valence-corrected chi connectivity index (χ3v) is 2.30. The summed E-state index contributed by atoms with van der Waals surface area (Å²) in [6.07, 6.45) is -3.82. The van der Waals surface area contributed by atoms with Gasteiger partial charge in [-0.2, -0.15) is 13.2 Å². The van der Waals surface area contributed by atoms with Crippen molar-refractivity contribution in [2.24, 2.45) is 0 Å². The Morgan fingerprint density at radius 3 is 2.63 bits per heavy atom. The average molecular weight is 271 g/mol. The molecule has 0 heterocycles. The van der Waals surface area contributed by atoms with Crippen molar-refractivity contribution in [1.82, 2.24) is 0 Å². The van der Waals surface area contributed by atoms with Crippen molar-refractivity contribution in [3.8, 4) is 11.8 Å². The van der Waals surface area contributed by atoms with E-state index in [1.807, 2.05) is 0 Å². The van der Waals surface area contributed by atoms with Gasteiger partial charge in [0, 0.05) is 24.1 Å². The number of benzene rings is 1. The molecule has 0 aliphatic heterocycles. The highest BCUT2D eigenvalue weighted by Crippen LogP contribution is 2.30. The van der Waals surface area contributed by atoms with Crippen LogP contribution in [0.2, 0.25) is 0 Å². The molecule has 6 heteroatoms. The maximum absolute atomic E-state index is 12.5. The number of halogens is 3. The summed E-state index contributed by atoms with van der Waals surface area (Å²) < 4.78 is 37.4. The van der Waals surface area contributed by atoms with E-state index in [-0.39, 0.29) is 17.7 Å². The number of alkyl halides is 3. The van der Waals surface area contributed by atoms with Crippen molar-refractivity contribution in [1.29, 1.82) is 0 Å². The second kappa shape index (κ2) is 6.14. The topological polar surface area (TPSA) is 63.3 Å². The predicted molar refractivity (Wildman–Crippen MR) is 64.2 cm³/mol. The Hall–Kier alpha value is -2.16. The van der Waals surface area contributed by atoms with E-state index in [2.05, 4.69) is 11.8 Å². The Kier molecular flexibility index (Phi) is 4.81. The highest BCUT2D eigenvalue weighted by Gasteiger charge is 2.30. The summed E-state index contributed by atoms with van der Waals surface area (Å²) in [4.78, 5) is 10.2. The second-order valence-corrected chi connectivity index (χ2v) is 3.85. The SMILES string of the molecule is Nc1ccc(C(F)(F)F)cc1C#CCCCC(=O)O. The van der Waals surface area contributed by atoms with Crippen LogP contribution in [0.15, 0.2) is 18.2 Å². The van der Waals surface area contributed by atoms with Crippen LogP contribution in [0.3, 0.4) is 0 Å². The van der Waals surface area contributed by atoms with Crippen LogP contribution in [0.4, 0.5) is 18.9 Å². The number of aliphatic carboxylic acids is 1. The third-order valence-electron chi connectivity index (χ3n) is 2.30. The first-order chi connectivity index (χ1) is 8.80. The van der Waals surface area contributed by atoms with E-state index in [1.54, 1.807) is 0 Å². The maximum Gasteiger partial charge on any atom is 0.416 e. The molecule has 0 spiro atoms. The fraction of sp³-hybridized carbons (Fsp3) is 0.308. The molecule has 0 unspecified atom stereocenters. The van der Waals surface area contributed by atoms with Crippen LogP contribution in [0.5, 0.6) is 0 Å². The molecule has 102 valence electrons. The summed E-state index contributed by atoms with van der Waals surface area (Å²) in [5.74, 6) is 4.22. The molecule has 0 radical (unpaired) electrons. The molecule has 1 aromatic rings. The standard InChI is InChI=1S/C13H12F3NO2/c14-13(15,16)10-6-7-11(17)9(8-10)4-2-1-3-5-12(18)19/h6-8H,1,3,5,17H2,(H,18,19). The molecule has 0 saturated heterocycles. The van der Waals surface area contributed by atoms with Gasteiger partial charge >= 0.3 is 12.1 Å². The lowest BCUT2D eigenvalue weighted by atomic mass is 10.1. The van der Waals surface area contributed by atoms with Gasteiger partial charge in [0.1, 0.15) is 0 Å². The van der Waals surface area contributed by atoms with Gasteiger partial charge in [-0.25, -0.2) is 0 Å². The smallest absolute Gasteiger partial charge is 0.416 e. The molecule has 0 saturated carbocycles. The summed E-state index contributed by atoms with van der Waals surface area (Å²) in [6.45, 7) is 0. The van der Waals surface area contributed by atoms with Crippen LogP contribution < -0.4 is 5.73 Å². The quantitative estimate of drug-likeness (QED) is 0.504. The first-order valence-corrected chi connectivity index (χ1v) is 5.48. The van der Waals surface area contributed by atoms with E-state index in [0.717, 1.165) is 18.2 Å². The Morgan fingerprint density at radius 1 is 1.37 bits per heavy atom. The zero-order valence-corrected chi connectivity index (χ0v) is 9.92. The molecule has 0 atom stereocenters. The summed E-state index contributed by atoms with van der Waals surface area (Å²) in [5.41, 5.74) is 4.99. The van der Waals surface area contributed by atoms with Crippen molar-refractivity contribution < 1.29 is 23.1 Å². The lowest BCUT2D eigenvalue weighted by Crippen LogP contribution is -2.05. The van der Waals surface area contributed by atoms with Crippen LogP contribution in [0, 0.1) is 11.8 Å². The summed E-state index contributed by atoms with van der Waals surface area (Å²) in [5, 5.41) is 8.41. The third kappa shape index (κ3) is 4.92. The first kappa shape index (κ1) is 14.9. The number of carboxylic acids is 1. The zero-order chi connectivity index (χ0) is 14.5. The lowest BCUT2D eigenvalue weighted by molar-refractivity contribution is -0.138. The number of nitrogen functional groups attached to an aromatic ring is 1.